The van der Waals surface area contributed by atoms with E-state index in [1.54, 1.807) is 18.2 Å². The number of hydrogen-bond acceptors (Lipinski definition) is 3. The van der Waals surface area contributed by atoms with Crippen LogP contribution in [-0.4, -0.2) is 35.0 Å². The summed E-state index contributed by atoms with van der Waals surface area (Å²) in [6, 6.07) is 14.6. The molecule has 0 radical (unpaired) electrons. The largest absolute Gasteiger partial charge is 0.478 e. The van der Waals surface area contributed by atoms with E-state index >= 15 is 0 Å². The predicted molar refractivity (Wildman–Crippen MR) is 100 cm³/mol. The van der Waals surface area contributed by atoms with Gasteiger partial charge in [-0.1, -0.05) is 24.3 Å². The quantitative estimate of drug-likeness (QED) is 0.837. The summed E-state index contributed by atoms with van der Waals surface area (Å²) in [7, 11) is 0. The molecule has 1 amide bonds. The van der Waals surface area contributed by atoms with Crippen LogP contribution in [0.1, 0.15) is 51.1 Å². The Labute approximate surface area is 153 Å². The number of hydrogen-bond donors (Lipinski definition) is 2. The highest BCUT2D eigenvalue weighted by Gasteiger charge is 2.17. The minimum absolute atomic E-state index is 0.120. The van der Waals surface area contributed by atoms with E-state index in [-0.39, 0.29) is 5.91 Å². The van der Waals surface area contributed by atoms with Crippen molar-refractivity contribution in [3.63, 3.8) is 0 Å². The van der Waals surface area contributed by atoms with Gasteiger partial charge in [-0.15, -0.1) is 0 Å². The van der Waals surface area contributed by atoms with Crippen molar-refractivity contribution in [1.29, 1.82) is 0 Å². The number of rotatable bonds is 6. The van der Waals surface area contributed by atoms with Crippen molar-refractivity contribution in [3.05, 3.63) is 70.8 Å². The van der Waals surface area contributed by atoms with Gasteiger partial charge in [-0.05, 0) is 54.7 Å². The van der Waals surface area contributed by atoms with Crippen molar-refractivity contribution in [2.75, 3.05) is 13.1 Å². The molecule has 1 aliphatic rings. The lowest BCUT2D eigenvalue weighted by Gasteiger charge is -2.26. The van der Waals surface area contributed by atoms with E-state index < -0.39 is 5.97 Å². The van der Waals surface area contributed by atoms with Crippen LogP contribution in [0.5, 0.6) is 0 Å². The fourth-order valence-electron chi connectivity index (χ4n) is 3.21. The predicted octanol–water partition coefficient (Wildman–Crippen LogP) is 3.30. The van der Waals surface area contributed by atoms with E-state index in [1.807, 2.05) is 35.2 Å². The molecule has 0 aliphatic carbocycles. The number of likely N-dealkylation sites (tertiary alicyclic amines) is 1. The second-order valence-corrected chi connectivity index (χ2v) is 6.66. The monoisotopic (exact) mass is 352 g/mol. The fraction of sp³-hybridized carbons (Fsp3) is 0.333. The molecule has 136 valence electrons. The summed E-state index contributed by atoms with van der Waals surface area (Å²) in [6.07, 6.45) is 3.40. The van der Waals surface area contributed by atoms with E-state index in [0.717, 1.165) is 42.6 Å². The first kappa shape index (κ1) is 18.1. The van der Waals surface area contributed by atoms with Crippen molar-refractivity contribution in [2.24, 2.45) is 0 Å². The number of amides is 1. The smallest absolute Gasteiger partial charge is 0.335 e. The number of benzene rings is 2. The normalized spacial score (nSPS) is 14.2. The van der Waals surface area contributed by atoms with E-state index in [9.17, 15) is 9.59 Å². The van der Waals surface area contributed by atoms with Gasteiger partial charge in [-0.3, -0.25) is 4.79 Å². The van der Waals surface area contributed by atoms with Gasteiger partial charge in [0.1, 0.15) is 0 Å². The Hall–Kier alpha value is -2.66. The molecule has 2 aromatic rings. The minimum atomic E-state index is -0.916. The summed E-state index contributed by atoms with van der Waals surface area (Å²) < 4.78 is 0. The second kappa shape index (κ2) is 8.63. The van der Waals surface area contributed by atoms with Crippen LogP contribution in [0.3, 0.4) is 0 Å². The molecule has 1 heterocycles. The average Bonchev–Trinajstić information content (AvgIpc) is 2.69. The number of piperidine rings is 1. The summed E-state index contributed by atoms with van der Waals surface area (Å²) in [5, 5.41) is 12.3. The summed E-state index contributed by atoms with van der Waals surface area (Å²) >= 11 is 0. The van der Waals surface area contributed by atoms with Crippen molar-refractivity contribution >= 4 is 11.9 Å². The van der Waals surface area contributed by atoms with E-state index in [1.165, 1.54) is 6.42 Å². The van der Waals surface area contributed by atoms with Gasteiger partial charge in [0.05, 0.1) is 5.56 Å². The summed E-state index contributed by atoms with van der Waals surface area (Å²) in [5.41, 5.74) is 3.06. The fourth-order valence-corrected chi connectivity index (χ4v) is 3.21. The lowest BCUT2D eigenvalue weighted by atomic mass is 10.1. The molecule has 0 aromatic heterocycles. The molecule has 0 unspecified atom stereocenters. The number of carboxylic acid groups (broad SMARTS) is 1. The Bertz CT molecular complexity index is 765. The van der Waals surface area contributed by atoms with Crippen LogP contribution >= 0.6 is 0 Å². The molecule has 1 saturated heterocycles. The highest BCUT2D eigenvalue weighted by Crippen LogP contribution is 2.14. The Morgan fingerprint density at radius 1 is 0.885 bits per heavy atom. The van der Waals surface area contributed by atoms with Crippen LogP contribution in [0, 0.1) is 0 Å². The van der Waals surface area contributed by atoms with Gasteiger partial charge in [0.15, 0.2) is 0 Å². The molecule has 2 aromatic carbocycles. The number of nitrogens with one attached hydrogen (secondary N) is 1. The molecule has 5 nitrogen and oxygen atoms in total. The second-order valence-electron chi connectivity index (χ2n) is 6.66. The van der Waals surface area contributed by atoms with Crippen LogP contribution in [0.25, 0.3) is 0 Å². The number of carboxylic acids is 1. The zero-order valence-corrected chi connectivity index (χ0v) is 14.8. The van der Waals surface area contributed by atoms with Gasteiger partial charge < -0.3 is 15.3 Å². The van der Waals surface area contributed by atoms with Crippen molar-refractivity contribution in [1.82, 2.24) is 10.2 Å². The number of aromatic carboxylic acids is 1. The molecule has 5 heteroatoms. The Morgan fingerprint density at radius 2 is 1.58 bits per heavy atom. The van der Waals surface area contributed by atoms with E-state index in [2.05, 4.69) is 5.32 Å². The van der Waals surface area contributed by atoms with Gasteiger partial charge in [-0.25, -0.2) is 4.79 Å². The maximum atomic E-state index is 12.5. The van der Waals surface area contributed by atoms with E-state index in [4.69, 9.17) is 5.11 Å². The van der Waals surface area contributed by atoms with Gasteiger partial charge in [0.2, 0.25) is 0 Å². The molecule has 26 heavy (non-hydrogen) atoms. The highest BCUT2D eigenvalue weighted by atomic mass is 16.4. The first-order chi connectivity index (χ1) is 12.6. The van der Waals surface area contributed by atoms with Crippen molar-refractivity contribution in [2.45, 2.75) is 32.4 Å². The van der Waals surface area contributed by atoms with Gasteiger partial charge in [-0.2, -0.15) is 0 Å². The molecular weight excluding hydrogens is 328 g/mol. The van der Waals surface area contributed by atoms with Crippen molar-refractivity contribution in [3.8, 4) is 0 Å². The van der Waals surface area contributed by atoms with Crippen molar-refractivity contribution < 1.29 is 14.7 Å². The lowest BCUT2D eigenvalue weighted by Crippen LogP contribution is -2.35. The van der Waals surface area contributed by atoms with Gasteiger partial charge in [0, 0.05) is 31.7 Å². The first-order valence-electron chi connectivity index (χ1n) is 9.04. The molecule has 0 saturated carbocycles. The Kier molecular flexibility index (Phi) is 6.02. The maximum Gasteiger partial charge on any atom is 0.335 e. The molecule has 1 fully saturated rings. The van der Waals surface area contributed by atoms with Gasteiger partial charge in [0.25, 0.3) is 5.91 Å². The average molecular weight is 352 g/mol. The van der Waals surface area contributed by atoms with Crippen LogP contribution in [0.4, 0.5) is 0 Å². The third kappa shape index (κ3) is 4.70. The number of carbonyl (C=O) groups is 2. The zero-order chi connectivity index (χ0) is 18.4. The Morgan fingerprint density at radius 3 is 2.27 bits per heavy atom. The minimum Gasteiger partial charge on any atom is -0.478 e. The molecule has 0 spiro atoms. The topological polar surface area (TPSA) is 69.6 Å². The van der Waals surface area contributed by atoms with Crippen LogP contribution in [0.15, 0.2) is 48.5 Å². The maximum absolute atomic E-state index is 12.5. The summed E-state index contributed by atoms with van der Waals surface area (Å²) in [5.74, 6) is -0.796. The SMILES string of the molecule is O=C(O)c1cccc(CNCc2ccc(C(=O)N3CCCCC3)cc2)c1. The van der Waals surface area contributed by atoms with Crippen LogP contribution < -0.4 is 5.32 Å². The molecule has 1 aliphatic heterocycles. The third-order valence-electron chi connectivity index (χ3n) is 4.68. The number of nitrogens with zero attached hydrogens (tertiary/aromatic N) is 1. The zero-order valence-electron chi connectivity index (χ0n) is 14.8. The Balaban J connectivity index is 1.52. The summed E-state index contributed by atoms with van der Waals surface area (Å²) in [4.78, 5) is 25.4. The third-order valence-corrected chi connectivity index (χ3v) is 4.68. The highest BCUT2D eigenvalue weighted by molar-refractivity contribution is 5.94. The summed E-state index contributed by atoms with van der Waals surface area (Å²) in [6.45, 7) is 2.97. The first-order valence-corrected chi connectivity index (χ1v) is 9.04. The van der Waals surface area contributed by atoms with Gasteiger partial charge >= 0.3 is 5.97 Å². The standard InChI is InChI=1S/C21H24N2O3/c24-20(23-11-2-1-3-12-23)18-9-7-16(8-10-18)14-22-15-17-5-4-6-19(13-17)21(25)26/h4-10,13,22H,1-3,11-12,14-15H2,(H,25,26). The van der Waals surface area contributed by atoms with Crippen LogP contribution in [-0.2, 0) is 13.1 Å². The number of carbonyl (C=O) groups excluding carboxylic acids is 1. The molecule has 2 N–H and O–H groups in total. The van der Waals surface area contributed by atoms with E-state index in [0.29, 0.717) is 18.7 Å². The van der Waals surface area contributed by atoms with Crippen LogP contribution in [0.2, 0.25) is 0 Å². The lowest BCUT2D eigenvalue weighted by molar-refractivity contribution is 0.0694. The molecular formula is C21H24N2O3. The molecule has 0 atom stereocenters. The molecule has 0 bridgehead atoms. The molecule has 3 rings (SSSR count).